The summed E-state index contributed by atoms with van der Waals surface area (Å²) in [5, 5.41) is 7.38. The number of fused-ring (bicyclic) bond motifs is 3. The smallest absolute Gasteiger partial charge is 0.164 e. The fraction of sp³-hybridized carbons (Fsp3) is 0. The summed E-state index contributed by atoms with van der Waals surface area (Å²) in [5.74, 6) is 1.91. The molecule has 0 radical (unpaired) electrons. The van der Waals surface area contributed by atoms with Gasteiger partial charge in [-0.25, -0.2) is 15.0 Å². The Morgan fingerprint density at radius 3 is 0.685 bits per heavy atom. The third-order valence-electron chi connectivity index (χ3n) is 10.3. The van der Waals surface area contributed by atoms with Gasteiger partial charge in [-0.15, -0.1) is 0 Å². The molecule has 1 heterocycles. The molecule has 0 aliphatic rings. The molecule has 0 bridgehead atoms. The first-order valence-corrected chi connectivity index (χ1v) is 18.3. The van der Waals surface area contributed by atoms with Gasteiger partial charge in [-0.3, -0.25) is 0 Å². The molecular formula is C51H33N3. The molecule has 3 heteroatoms. The lowest BCUT2D eigenvalue weighted by molar-refractivity contribution is 1.07. The van der Waals surface area contributed by atoms with Gasteiger partial charge < -0.3 is 0 Å². The van der Waals surface area contributed by atoms with Crippen molar-refractivity contribution in [3.63, 3.8) is 0 Å². The summed E-state index contributed by atoms with van der Waals surface area (Å²) in [4.78, 5) is 15.2. The Kier molecular flexibility index (Phi) is 7.81. The van der Waals surface area contributed by atoms with Gasteiger partial charge in [0.2, 0.25) is 0 Å². The minimum Gasteiger partial charge on any atom is -0.208 e. The van der Waals surface area contributed by atoms with Crippen LogP contribution in [0.2, 0.25) is 0 Å². The quantitative estimate of drug-likeness (QED) is 0.175. The summed E-state index contributed by atoms with van der Waals surface area (Å²) in [6.45, 7) is 0. The van der Waals surface area contributed by atoms with Crippen LogP contribution in [0.3, 0.4) is 0 Å². The summed E-state index contributed by atoms with van der Waals surface area (Å²) < 4.78 is 0. The molecule has 0 aliphatic carbocycles. The standard InChI is InChI=1S/C51H33N3/c1-4-10-43-31-46(28-19-34(43)7-1)37-13-22-40(23-14-37)49-52-50(41-24-15-38(16-25-41)47-29-20-35-8-2-5-11-44(35)32-47)54-51(53-49)42-26-17-39(18-27-42)48-30-21-36-9-3-6-12-45(36)33-48/h1-33H. The summed E-state index contributed by atoms with van der Waals surface area (Å²) in [6, 6.07) is 70.8. The van der Waals surface area contributed by atoms with Crippen LogP contribution in [0.1, 0.15) is 0 Å². The number of aromatic nitrogens is 3. The van der Waals surface area contributed by atoms with E-state index >= 15 is 0 Å². The SMILES string of the molecule is c1ccc2cc(-c3ccc(-c4nc(-c5ccc(-c6ccc7ccccc7c6)cc5)nc(-c5ccc(-c6ccc7ccccc7c6)cc5)n4)cc3)ccc2c1. The third kappa shape index (κ3) is 6.08. The Hall–Kier alpha value is -7.23. The van der Waals surface area contributed by atoms with E-state index in [4.69, 9.17) is 15.0 Å². The lowest BCUT2D eigenvalue weighted by atomic mass is 9.99. The van der Waals surface area contributed by atoms with Crippen LogP contribution >= 0.6 is 0 Å². The van der Waals surface area contributed by atoms with Crippen LogP contribution in [-0.2, 0) is 0 Å². The number of hydrogen-bond acceptors (Lipinski definition) is 3. The van der Waals surface area contributed by atoms with Gasteiger partial charge in [0.05, 0.1) is 0 Å². The fourth-order valence-electron chi connectivity index (χ4n) is 7.31. The maximum atomic E-state index is 5.06. The normalized spacial score (nSPS) is 11.3. The molecule has 10 rings (SSSR count). The molecule has 10 aromatic rings. The molecular weight excluding hydrogens is 655 g/mol. The lowest BCUT2D eigenvalue weighted by Crippen LogP contribution is -2.00. The van der Waals surface area contributed by atoms with Gasteiger partial charge in [-0.1, -0.05) is 182 Å². The van der Waals surface area contributed by atoms with Crippen LogP contribution in [0.4, 0.5) is 0 Å². The van der Waals surface area contributed by atoms with Gasteiger partial charge >= 0.3 is 0 Å². The van der Waals surface area contributed by atoms with Crippen LogP contribution in [0.15, 0.2) is 200 Å². The molecule has 0 aliphatic heterocycles. The first kappa shape index (κ1) is 31.5. The Balaban J connectivity index is 1.02. The van der Waals surface area contributed by atoms with Gasteiger partial charge in [-0.05, 0) is 83.9 Å². The summed E-state index contributed by atoms with van der Waals surface area (Å²) in [6.07, 6.45) is 0. The Bertz CT molecular complexity index is 2630. The molecule has 0 fully saturated rings. The van der Waals surface area contributed by atoms with E-state index in [0.717, 1.165) is 33.4 Å². The molecule has 1 aromatic heterocycles. The molecule has 0 atom stereocenters. The molecule has 3 nitrogen and oxygen atoms in total. The monoisotopic (exact) mass is 687 g/mol. The second kappa shape index (κ2) is 13.4. The minimum absolute atomic E-state index is 0.636. The number of benzene rings is 9. The van der Waals surface area contributed by atoms with Crippen LogP contribution in [0.5, 0.6) is 0 Å². The molecule has 0 saturated carbocycles. The summed E-state index contributed by atoms with van der Waals surface area (Å²) in [7, 11) is 0. The van der Waals surface area contributed by atoms with Gasteiger partial charge in [0.15, 0.2) is 17.5 Å². The van der Waals surface area contributed by atoms with Crippen LogP contribution in [0.25, 0.3) is 99.9 Å². The Labute approximate surface area is 313 Å². The average Bonchev–Trinajstić information content (AvgIpc) is 3.26. The van der Waals surface area contributed by atoms with E-state index in [1.807, 2.05) is 0 Å². The van der Waals surface area contributed by atoms with Crippen LogP contribution in [-0.4, -0.2) is 15.0 Å². The fourth-order valence-corrected chi connectivity index (χ4v) is 7.31. The van der Waals surface area contributed by atoms with E-state index in [1.54, 1.807) is 0 Å². The van der Waals surface area contributed by atoms with Crippen LogP contribution in [0, 0.1) is 0 Å². The van der Waals surface area contributed by atoms with Gasteiger partial charge in [0.1, 0.15) is 0 Å². The van der Waals surface area contributed by atoms with Crippen molar-refractivity contribution in [2.75, 3.05) is 0 Å². The number of hydrogen-bond donors (Lipinski definition) is 0. The maximum absolute atomic E-state index is 5.06. The van der Waals surface area contributed by atoms with Crippen molar-refractivity contribution in [2.24, 2.45) is 0 Å². The molecule has 0 amide bonds. The van der Waals surface area contributed by atoms with Crippen molar-refractivity contribution in [1.82, 2.24) is 15.0 Å². The Morgan fingerprint density at radius 1 is 0.185 bits per heavy atom. The molecule has 0 N–H and O–H groups in total. The Morgan fingerprint density at radius 2 is 0.407 bits per heavy atom. The highest BCUT2D eigenvalue weighted by Gasteiger charge is 2.14. The van der Waals surface area contributed by atoms with Crippen LogP contribution < -0.4 is 0 Å². The van der Waals surface area contributed by atoms with E-state index in [9.17, 15) is 0 Å². The highest BCUT2D eigenvalue weighted by Crippen LogP contribution is 2.32. The first-order chi connectivity index (χ1) is 26.7. The van der Waals surface area contributed by atoms with Crippen molar-refractivity contribution in [1.29, 1.82) is 0 Å². The first-order valence-electron chi connectivity index (χ1n) is 18.3. The lowest BCUT2D eigenvalue weighted by Gasteiger charge is -2.11. The van der Waals surface area contributed by atoms with E-state index < -0.39 is 0 Å². The second-order valence-corrected chi connectivity index (χ2v) is 13.7. The zero-order valence-electron chi connectivity index (χ0n) is 29.4. The van der Waals surface area contributed by atoms with E-state index in [2.05, 4.69) is 200 Å². The summed E-state index contributed by atoms with van der Waals surface area (Å²) >= 11 is 0. The zero-order chi connectivity index (χ0) is 35.8. The predicted octanol–water partition coefficient (Wildman–Crippen LogP) is 13.3. The molecule has 54 heavy (non-hydrogen) atoms. The zero-order valence-corrected chi connectivity index (χ0v) is 29.4. The van der Waals surface area contributed by atoms with Crippen molar-refractivity contribution in [2.45, 2.75) is 0 Å². The topological polar surface area (TPSA) is 38.7 Å². The van der Waals surface area contributed by atoms with E-state index in [0.29, 0.717) is 17.5 Å². The molecule has 0 saturated heterocycles. The third-order valence-corrected chi connectivity index (χ3v) is 10.3. The highest BCUT2D eigenvalue weighted by atomic mass is 15.0. The predicted molar refractivity (Wildman–Crippen MR) is 225 cm³/mol. The van der Waals surface area contributed by atoms with Gasteiger partial charge in [-0.2, -0.15) is 0 Å². The van der Waals surface area contributed by atoms with E-state index in [-0.39, 0.29) is 0 Å². The van der Waals surface area contributed by atoms with Gasteiger partial charge in [0, 0.05) is 16.7 Å². The second-order valence-electron chi connectivity index (χ2n) is 13.7. The minimum atomic E-state index is 0.636. The maximum Gasteiger partial charge on any atom is 0.164 e. The molecule has 9 aromatic carbocycles. The number of nitrogens with zero attached hydrogens (tertiary/aromatic N) is 3. The number of rotatable bonds is 6. The van der Waals surface area contributed by atoms with Crippen molar-refractivity contribution < 1.29 is 0 Å². The van der Waals surface area contributed by atoms with Gasteiger partial charge in [0.25, 0.3) is 0 Å². The highest BCUT2D eigenvalue weighted by molar-refractivity contribution is 5.90. The average molecular weight is 688 g/mol. The van der Waals surface area contributed by atoms with Crippen molar-refractivity contribution in [3.05, 3.63) is 200 Å². The summed E-state index contributed by atoms with van der Waals surface area (Å²) in [5.41, 5.74) is 9.77. The molecule has 252 valence electrons. The molecule has 0 spiro atoms. The molecule has 0 unspecified atom stereocenters. The largest absolute Gasteiger partial charge is 0.208 e. The van der Waals surface area contributed by atoms with Crippen molar-refractivity contribution >= 4 is 32.3 Å². The van der Waals surface area contributed by atoms with Crippen molar-refractivity contribution in [3.8, 4) is 67.5 Å². The van der Waals surface area contributed by atoms with E-state index in [1.165, 1.54) is 49.0 Å².